The van der Waals surface area contributed by atoms with E-state index in [-0.39, 0.29) is 5.91 Å². The lowest BCUT2D eigenvalue weighted by molar-refractivity contribution is -0.122. The van der Waals surface area contributed by atoms with Crippen molar-refractivity contribution in [1.29, 1.82) is 0 Å². The fourth-order valence-corrected chi connectivity index (χ4v) is 3.53. The molecule has 0 saturated carbocycles. The fraction of sp³-hybridized carbons (Fsp3) is 0.160. The highest BCUT2D eigenvalue weighted by Gasteiger charge is 2.22. The molecule has 4 rings (SSSR count). The van der Waals surface area contributed by atoms with E-state index in [0.717, 1.165) is 16.7 Å². The lowest BCUT2D eigenvalue weighted by Crippen LogP contribution is -2.30. The first-order chi connectivity index (χ1) is 15.2. The van der Waals surface area contributed by atoms with Crippen molar-refractivity contribution in [2.24, 2.45) is 0 Å². The van der Waals surface area contributed by atoms with Gasteiger partial charge in [-0.05, 0) is 29.7 Å². The van der Waals surface area contributed by atoms with Gasteiger partial charge < -0.3 is 9.84 Å². The zero-order valence-corrected chi connectivity index (χ0v) is 17.6. The van der Waals surface area contributed by atoms with E-state index >= 15 is 0 Å². The van der Waals surface area contributed by atoms with Crippen LogP contribution in [0.4, 0.5) is 0 Å². The number of aryl methyl sites for hydroxylation is 1. The molecule has 0 fully saturated rings. The molecule has 0 bridgehead atoms. The summed E-state index contributed by atoms with van der Waals surface area (Å²) in [6.45, 7) is 0. The van der Waals surface area contributed by atoms with Gasteiger partial charge in [0.25, 0.3) is 0 Å². The maximum Gasteiger partial charge on any atom is 0.249 e. The second-order valence-corrected chi connectivity index (χ2v) is 7.70. The van der Waals surface area contributed by atoms with E-state index in [4.69, 9.17) is 16.1 Å². The van der Waals surface area contributed by atoms with Gasteiger partial charge in [-0.2, -0.15) is 4.98 Å². The van der Waals surface area contributed by atoms with Gasteiger partial charge in [0.1, 0.15) is 6.04 Å². The van der Waals surface area contributed by atoms with Crippen LogP contribution < -0.4 is 5.32 Å². The molecule has 6 heteroatoms. The normalized spacial score (nSPS) is 11.8. The quantitative estimate of drug-likeness (QED) is 0.404. The molecule has 0 aliphatic rings. The number of nitrogens with zero attached hydrogens (tertiary/aromatic N) is 2. The van der Waals surface area contributed by atoms with Crippen molar-refractivity contribution in [3.63, 3.8) is 0 Å². The lowest BCUT2D eigenvalue weighted by atomic mass is 10.0. The van der Waals surface area contributed by atoms with Crippen molar-refractivity contribution in [2.45, 2.75) is 25.3 Å². The number of nitrogens with one attached hydrogen (secondary N) is 1. The summed E-state index contributed by atoms with van der Waals surface area (Å²) in [6, 6.07) is 26.7. The minimum Gasteiger partial charge on any atom is -0.344 e. The molecule has 0 saturated heterocycles. The Bertz CT molecular complexity index is 1130. The van der Waals surface area contributed by atoms with E-state index in [0.29, 0.717) is 36.0 Å². The molecule has 4 aromatic rings. The molecule has 1 N–H and O–H groups in total. The monoisotopic (exact) mass is 431 g/mol. The molecule has 1 heterocycles. The number of carbonyl (C=O) groups excluding carboxylic acids is 1. The van der Waals surface area contributed by atoms with Crippen LogP contribution in [0.2, 0.25) is 5.02 Å². The Kier molecular flexibility index (Phi) is 6.75. The number of benzene rings is 3. The zero-order valence-electron chi connectivity index (χ0n) is 16.9. The summed E-state index contributed by atoms with van der Waals surface area (Å²) >= 11 is 6.08. The Hall–Kier alpha value is -3.44. The summed E-state index contributed by atoms with van der Waals surface area (Å²) in [6.07, 6.45) is 1.60. The number of rotatable bonds is 8. The van der Waals surface area contributed by atoms with Gasteiger partial charge in [-0.3, -0.25) is 4.79 Å². The highest BCUT2D eigenvalue weighted by molar-refractivity contribution is 6.30. The maximum atomic E-state index is 12.7. The first-order valence-electron chi connectivity index (χ1n) is 10.1. The summed E-state index contributed by atoms with van der Waals surface area (Å²) in [5.41, 5.74) is 2.95. The van der Waals surface area contributed by atoms with E-state index in [2.05, 4.69) is 15.5 Å². The van der Waals surface area contributed by atoms with Crippen LogP contribution in [0.1, 0.15) is 29.5 Å². The molecule has 31 heavy (non-hydrogen) atoms. The van der Waals surface area contributed by atoms with Gasteiger partial charge in [0.15, 0.2) is 0 Å². The van der Waals surface area contributed by atoms with Gasteiger partial charge in [-0.25, -0.2) is 0 Å². The van der Waals surface area contributed by atoms with Crippen LogP contribution in [0.3, 0.4) is 0 Å². The van der Waals surface area contributed by atoms with Crippen molar-refractivity contribution in [2.75, 3.05) is 0 Å². The minimum atomic E-state index is -0.425. The fourth-order valence-electron chi connectivity index (χ4n) is 3.34. The molecule has 0 aliphatic carbocycles. The molecule has 5 nitrogen and oxygen atoms in total. The molecule has 0 aliphatic heterocycles. The minimum absolute atomic E-state index is 0.0627. The van der Waals surface area contributed by atoms with Crippen molar-refractivity contribution < 1.29 is 9.32 Å². The largest absolute Gasteiger partial charge is 0.344 e. The summed E-state index contributed by atoms with van der Waals surface area (Å²) in [5, 5.41) is 7.76. The topological polar surface area (TPSA) is 68.0 Å². The van der Waals surface area contributed by atoms with E-state index in [1.54, 1.807) is 12.1 Å². The summed E-state index contributed by atoms with van der Waals surface area (Å²) in [4.78, 5) is 17.2. The number of carbonyl (C=O) groups is 1. The van der Waals surface area contributed by atoms with E-state index in [1.165, 1.54) is 0 Å². The molecule has 0 spiro atoms. The zero-order chi connectivity index (χ0) is 21.5. The van der Waals surface area contributed by atoms with E-state index < -0.39 is 6.04 Å². The Morgan fingerprint density at radius 1 is 0.935 bits per heavy atom. The number of amides is 1. The molecule has 1 atom stereocenters. The predicted molar refractivity (Wildman–Crippen MR) is 121 cm³/mol. The van der Waals surface area contributed by atoms with Crippen LogP contribution in [0.15, 0.2) is 89.5 Å². The first-order valence-corrected chi connectivity index (χ1v) is 10.5. The smallest absolute Gasteiger partial charge is 0.249 e. The predicted octanol–water partition coefficient (Wildman–Crippen LogP) is 5.42. The van der Waals surface area contributed by atoms with Crippen molar-refractivity contribution >= 4 is 17.5 Å². The average Bonchev–Trinajstić information content (AvgIpc) is 3.29. The summed E-state index contributed by atoms with van der Waals surface area (Å²) in [7, 11) is 0. The van der Waals surface area contributed by atoms with Gasteiger partial charge in [-0.1, -0.05) is 89.6 Å². The van der Waals surface area contributed by atoms with Crippen molar-refractivity contribution in [3.8, 4) is 11.4 Å². The molecular formula is C25H22ClN3O2. The first kappa shape index (κ1) is 20.8. The van der Waals surface area contributed by atoms with Gasteiger partial charge in [0.2, 0.25) is 17.6 Å². The lowest BCUT2D eigenvalue weighted by Gasteiger charge is -2.15. The van der Waals surface area contributed by atoms with Crippen molar-refractivity contribution in [3.05, 3.63) is 107 Å². The Balaban J connectivity index is 1.51. The van der Waals surface area contributed by atoms with Gasteiger partial charge in [-0.15, -0.1) is 0 Å². The molecule has 1 aromatic heterocycles. The van der Waals surface area contributed by atoms with E-state index in [9.17, 15) is 4.79 Å². The van der Waals surface area contributed by atoms with Crippen LogP contribution in [0, 0.1) is 0 Å². The third kappa shape index (κ3) is 5.80. The highest BCUT2D eigenvalue weighted by atomic mass is 35.5. The Morgan fingerprint density at radius 2 is 1.65 bits per heavy atom. The number of hydrogen-bond donors (Lipinski definition) is 1. The molecule has 156 valence electrons. The van der Waals surface area contributed by atoms with E-state index in [1.807, 2.05) is 72.8 Å². The van der Waals surface area contributed by atoms with Gasteiger partial charge in [0.05, 0.1) is 0 Å². The van der Waals surface area contributed by atoms with Gasteiger partial charge >= 0.3 is 0 Å². The van der Waals surface area contributed by atoms with Crippen LogP contribution in [-0.2, 0) is 17.6 Å². The molecular weight excluding hydrogens is 410 g/mol. The third-order valence-electron chi connectivity index (χ3n) is 4.92. The third-order valence-corrected chi connectivity index (χ3v) is 5.16. The standard InChI is InChI=1S/C25H22ClN3O2/c26-21-13-7-12-20(17-21)24-28-25(31-29-24)22(16-19-10-5-2-6-11-19)27-23(30)15-14-18-8-3-1-4-9-18/h1-13,17,22H,14-16H2,(H,27,30)/t22-/m1/s1. The maximum absolute atomic E-state index is 12.7. The van der Waals surface area contributed by atoms with Gasteiger partial charge in [0, 0.05) is 23.4 Å². The summed E-state index contributed by atoms with van der Waals surface area (Å²) in [5.74, 6) is 0.744. The second-order valence-electron chi connectivity index (χ2n) is 7.26. The van der Waals surface area contributed by atoms with Crippen LogP contribution in [-0.4, -0.2) is 16.0 Å². The molecule has 0 unspecified atom stereocenters. The van der Waals surface area contributed by atoms with Crippen molar-refractivity contribution in [1.82, 2.24) is 15.5 Å². The Labute approximate surface area is 186 Å². The van der Waals surface area contributed by atoms with Crippen LogP contribution >= 0.6 is 11.6 Å². The van der Waals surface area contributed by atoms with Crippen LogP contribution in [0.25, 0.3) is 11.4 Å². The van der Waals surface area contributed by atoms with Crippen LogP contribution in [0.5, 0.6) is 0 Å². The molecule has 0 radical (unpaired) electrons. The highest BCUT2D eigenvalue weighted by Crippen LogP contribution is 2.23. The average molecular weight is 432 g/mol. The number of hydrogen-bond acceptors (Lipinski definition) is 4. The summed E-state index contributed by atoms with van der Waals surface area (Å²) < 4.78 is 5.54. The Morgan fingerprint density at radius 3 is 2.35 bits per heavy atom. The second kappa shape index (κ2) is 10.0. The SMILES string of the molecule is O=C(CCc1ccccc1)N[C@H](Cc1ccccc1)c1nc(-c2cccc(Cl)c2)no1. The molecule has 3 aromatic carbocycles. The number of halogens is 1. The molecule has 1 amide bonds. The number of aromatic nitrogens is 2.